The van der Waals surface area contributed by atoms with Gasteiger partial charge in [0.25, 0.3) is 5.91 Å². The zero-order valence-corrected chi connectivity index (χ0v) is 13.3. The second kappa shape index (κ2) is 7.85. The van der Waals surface area contributed by atoms with Crippen molar-refractivity contribution in [2.75, 3.05) is 5.32 Å². The maximum Gasteiger partial charge on any atom is 0.573 e. The third-order valence-electron chi connectivity index (χ3n) is 3.10. The van der Waals surface area contributed by atoms with Gasteiger partial charge in [-0.1, -0.05) is 12.1 Å². The largest absolute Gasteiger partial charge is 0.573 e. The van der Waals surface area contributed by atoms with Gasteiger partial charge < -0.3 is 14.8 Å². The molecule has 1 atom stereocenters. The maximum atomic E-state index is 13.5. The van der Waals surface area contributed by atoms with Crippen molar-refractivity contribution in [3.8, 4) is 5.75 Å². The van der Waals surface area contributed by atoms with Gasteiger partial charge in [0.1, 0.15) is 11.6 Å². The molecule has 5 nitrogen and oxygen atoms in total. The predicted octanol–water partition coefficient (Wildman–Crippen LogP) is 3.91. The normalized spacial score (nSPS) is 12.2. The summed E-state index contributed by atoms with van der Waals surface area (Å²) in [6, 6.07) is 9.52. The van der Waals surface area contributed by atoms with Crippen molar-refractivity contribution in [1.82, 2.24) is 0 Å². The number of amides is 1. The van der Waals surface area contributed by atoms with E-state index >= 15 is 0 Å². The van der Waals surface area contributed by atoms with E-state index in [1.165, 1.54) is 37.3 Å². The molecule has 138 valence electrons. The van der Waals surface area contributed by atoms with E-state index < -0.39 is 35.9 Å². The Hall–Kier alpha value is -3.10. The summed E-state index contributed by atoms with van der Waals surface area (Å²) in [4.78, 5) is 23.8. The average molecular weight is 371 g/mol. The summed E-state index contributed by atoms with van der Waals surface area (Å²) in [6.07, 6.45) is -6.08. The molecule has 0 aliphatic heterocycles. The summed E-state index contributed by atoms with van der Waals surface area (Å²) in [7, 11) is 0. The number of anilines is 1. The van der Waals surface area contributed by atoms with Crippen LogP contribution in [0.25, 0.3) is 0 Å². The lowest BCUT2D eigenvalue weighted by Gasteiger charge is -2.14. The van der Waals surface area contributed by atoms with Gasteiger partial charge >= 0.3 is 12.3 Å². The Morgan fingerprint density at radius 2 is 1.65 bits per heavy atom. The summed E-state index contributed by atoms with van der Waals surface area (Å²) in [5.74, 6) is -2.99. The summed E-state index contributed by atoms with van der Waals surface area (Å²) in [5, 5.41) is 2.36. The number of alkyl halides is 3. The second-order valence-corrected chi connectivity index (χ2v) is 5.09. The fourth-order valence-electron chi connectivity index (χ4n) is 1.89. The minimum absolute atomic E-state index is 0.165. The van der Waals surface area contributed by atoms with Crippen molar-refractivity contribution < 1.29 is 36.6 Å². The van der Waals surface area contributed by atoms with Gasteiger partial charge in [-0.15, -0.1) is 13.2 Å². The van der Waals surface area contributed by atoms with Crippen LogP contribution in [-0.2, 0) is 9.53 Å². The van der Waals surface area contributed by atoms with Gasteiger partial charge in [0.05, 0.1) is 5.56 Å². The van der Waals surface area contributed by atoms with Gasteiger partial charge in [0, 0.05) is 5.69 Å². The Morgan fingerprint density at radius 3 is 2.23 bits per heavy atom. The minimum atomic E-state index is -4.82. The molecule has 0 spiro atoms. The Morgan fingerprint density at radius 1 is 1.04 bits per heavy atom. The van der Waals surface area contributed by atoms with E-state index in [1.807, 2.05) is 0 Å². The Bertz CT molecular complexity index is 790. The molecule has 0 radical (unpaired) electrons. The van der Waals surface area contributed by atoms with Crippen LogP contribution in [0.4, 0.5) is 23.2 Å². The highest BCUT2D eigenvalue weighted by Crippen LogP contribution is 2.24. The minimum Gasteiger partial charge on any atom is -0.449 e. The number of benzene rings is 2. The van der Waals surface area contributed by atoms with Gasteiger partial charge in [0.2, 0.25) is 0 Å². The van der Waals surface area contributed by atoms with E-state index in [0.717, 1.165) is 18.2 Å². The summed E-state index contributed by atoms with van der Waals surface area (Å²) < 4.78 is 58.3. The number of carbonyl (C=O) groups excluding carboxylic acids is 2. The standard InChI is InChI=1S/C17H13F4NO4/c1-10(25-16(24)13-4-2-3-5-14(13)18)15(23)22-11-6-8-12(9-7-11)26-17(19,20)21/h2-10H,1H3,(H,22,23)/t10-/m1/s1. The van der Waals surface area contributed by atoms with Gasteiger partial charge in [0.15, 0.2) is 6.10 Å². The quantitative estimate of drug-likeness (QED) is 0.639. The lowest BCUT2D eigenvalue weighted by atomic mass is 10.2. The van der Waals surface area contributed by atoms with Crippen molar-refractivity contribution in [3.05, 3.63) is 59.9 Å². The number of ether oxygens (including phenoxy) is 2. The molecule has 0 aliphatic carbocycles. The maximum absolute atomic E-state index is 13.5. The average Bonchev–Trinajstić information content (AvgIpc) is 2.55. The van der Waals surface area contributed by atoms with Crippen LogP contribution >= 0.6 is 0 Å². The number of nitrogens with one attached hydrogen (secondary N) is 1. The summed E-state index contributed by atoms with van der Waals surface area (Å²) >= 11 is 0. The molecule has 1 amide bonds. The van der Waals surface area contributed by atoms with Crippen molar-refractivity contribution in [2.45, 2.75) is 19.4 Å². The van der Waals surface area contributed by atoms with Crippen LogP contribution in [0.5, 0.6) is 5.75 Å². The molecule has 2 aromatic rings. The molecule has 26 heavy (non-hydrogen) atoms. The number of rotatable bonds is 5. The van der Waals surface area contributed by atoms with E-state index in [0.29, 0.717) is 0 Å². The van der Waals surface area contributed by atoms with Gasteiger partial charge in [-0.25, -0.2) is 9.18 Å². The second-order valence-electron chi connectivity index (χ2n) is 5.09. The van der Waals surface area contributed by atoms with Crippen LogP contribution in [-0.4, -0.2) is 24.3 Å². The first-order valence-corrected chi connectivity index (χ1v) is 7.28. The molecular weight excluding hydrogens is 358 g/mol. The molecule has 0 bridgehead atoms. The number of esters is 1. The fraction of sp³-hybridized carbons (Fsp3) is 0.176. The zero-order valence-electron chi connectivity index (χ0n) is 13.3. The molecule has 0 aliphatic rings. The highest BCUT2D eigenvalue weighted by atomic mass is 19.4. The van der Waals surface area contributed by atoms with Crippen LogP contribution in [0.3, 0.4) is 0 Å². The molecule has 0 unspecified atom stereocenters. The van der Waals surface area contributed by atoms with Crippen LogP contribution < -0.4 is 10.1 Å². The molecule has 1 N–H and O–H groups in total. The number of carbonyl (C=O) groups is 2. The Kier molecular flexibility index (Phi) is 5.81. The van der Waals surface area contributed by atoms with Crippen LogP contribution in [0.15, 0.2) is 48.5 Å². The molecule has 0 saturated heterocycles. The monoisotopic (exact) mass is 371 g/mol. The SMILES string of the molecule is C[C@@H](OC(=O)c1ccccc1F)C(=O)Nc1ccc(OC(F)(F)F)cc1. The lowest BCUT2D eigenvalue weighted by molar-refractivity contribution is -0.274. The van der Waals surface area contributed by atoms with Gasteiger partial charge in [-0.2, -0.15) is 0 Å². The molecule has 2 rings (SSSR count). The number of hydrogen-bond acceptors (Lipinski definition) is 4. The highest BCUT2D eigenvalue weighted by molar-refractivity contribution is 5.97. The van der Waals surface area contributed by atoms with E-state index in [-0.39, 0.29) is 11.3 Å². The highest BCUT2D eigenvalue weighted by Gasteiger charge is 2.31. The number of hydrogen-bond donors (Lipinski definition) is 1. The topological polar surface area (TPSA) is 64.6 Å². The van der Waals surface area contributed by atoms with Crippen molar-refractivity contribution in [1.29, 1.82) is 0 Å². The molecule has 0 heterocycles. The Balaban J connectivity index is 1.94. The molecular formula is C17H13F4NO4. The molecule has 9 heteroatoms. The fourth-order valence-corrected chi connectivity index (χ4v) is 1.89. The number of halogens is 4. The smallest absolute Gasteiger partial charge is 0.449 e. The van der Waals surface area contributed by atoms with E-state index in [1.54, 1.807) is 0 Å². The van der Waals surface area contributed by atoms with E-state index in [2.05, 4.69) is 10.1 Å². The molecule has 0 saturated carbocycles. The summed E-state index contributed by atoms with van der Waals surface area (Å²) in [5.41, 5.74) is -0.154. The van der Waals surface area contributed by atoms with Crippen molar-refractivity contribution in [2.24, 2.45) is 0 Å². The Labute approximate surface area is 145 Å². The van der Waals surface area contributed by atoms with Crippen LogP contribution in [0.2, 0.25) is 0 Å². The molecule has 2 aromatic carbocycles. The zero-order chi connectivity index (χ0) is 19.3. The van der Waals surface area contributed by atoms with Crippen LogP contribution in [0.1, 0.15) is 17.3 Å². The van der Waals surface area contributed by atoms with Crippen molar-refractivity contribution in [3.63, 3.8) is 0 Å². The van der Waals surface area contributed by atoms with Gasteiger partial charge in [-0.3, -0.25) is 4.79 Å². The first-order chi connectivity index (χ1) is 12.2. The third-order valence-corrected chi connectivity index (χ3v) is 3.10. The summed E-state index contributed by atoms with van der Waals surface area (Å²) in [6.45, 7) is 1.27. The van der Waals surface area contributed by atoms with Crippen LogP contribution in [0, 0.1) is 5.82 Å². The predicted molar refractivity (Wildman–Crippen MR) is 83.0 cm³/mol. The molecule has 0 aromatic heterocycles. The van der Waals surface area contributed by atoms with Gasteiger partial charge in [-0.05, 0) is 43.3 Å². The molecule has 0 fully saturated rings. The van der Waals surface area contributed by atoms with Crippen molar-refractivity contribution >= 4 is 17.6 Å². The first kappa shape index (κ1) is 19.2. The lowest BCUT2D eigenvalue weighted by Crippen LogP contribution is -2.30. The van der Waals surface area contributed by atoms with E-state index in [9.17, 15) is 27.2 Å². The first-order valence-electron chi connectivity index (χ1n) is 7.28. The van der Waals surface area contributed by atoms with E-state index in [4.69, 9.17) is 4.74 Å². The third kappa shape index (κ3) is 5.47.